The molecule has 3 rings (SSSR count). The van der Waals surface area contributed by atoms with E-state index in [9.17, 15) is 9.59 Å². The fourth-order valence-corrected chi connectivity index (χ4v) is 3.02. The molecule has 21 heavy (non-hydrogen) atoms. The zero-order valence-corrected chi connectivity index (χ0v) is 12.0. The highest BCUT2D eigenvalue weighted by Gasteiger charge is 2.29. The number of fused-ring (bicyclic) bond motifs is 1. The highest BCUT2D eigenvalue weighted by atomic mass is 16.4. The van der Waals surface area contributed by atoms with Crippen LogP contribution in [0.15, 0.2) is 30.3 Å². The van der Waals surface area contributed by atoms with E-state index in [2.05, 4.69) is 0 Å². The number of para-hydroxylation sites is 1. The third-order valence-electron chi connectivity index (χ3n) is 4.23. The second-order valence-electron chi connectivity index (χ2n) is 5.58. The lowest BCUT2D eigenvalue weighted by atomic mass is 9.98. The Balaban J connectivity index is 1.90. The number of likely N-dealkylation sites (tertiary alicyclic amines) is 1. The van der Waals surface area contributed by atoms with Crippen LogP contribution in [0.2, 0.25) is 0 Å². The van der Waals surface area contributed by atoms with Crippen molar-refractivity contribution in [1.82, 2.24) is 9.47 Å². The van der Waals surface area contributed by atoms with Gasteiger partial charge in [0.2, 0.25) is 0 Å². The Morgan fingerprint density at radius 3 is 2.76 bits per heavy atom. The molecule has 1 aliphatic rings. The predicted molar refractivity (Wildman–Crippen MR) is 79.2 cm³/mol. The normalized spacial score (nSPS) is 18.9. The average Bonchev–Trinajstić information content (AvgIpc) is 2.84. The molecule has 0 spiro atoms. The van der Waals surface area contributed by atoms with E-state index in [4.69, 9.17) is 5.11 Å². The lowest BCUT2D eigenvalue weighted by Gasteiger charge is -2.30. The van der Waals surface area contributed by atoms with E-state index in [1.165, 1.54) is 0 Å². The molecular formula is C16H18N2O3. The molecular weight excluding hydrogens is 268 g/mol. The van der Waals surface area contributed by atoms with Crippen LogP contribution in [0.1, 0.15) is 23.3 Å². The second-order valence-corrected chi connectivity index (χ2v) is 5.58. The summed E-state index contributed by atoms with van der Waals surface area (Å²) in [6.07, 6.45) is 1.39. The van der Waals surface area contributed by atoms with E-state index in [0.29, 0.717) is 25.2 Å². The quantitative estimate of drug-likeness (QED) is 0.919. The number of carboxylic acid groups (broad SMARTS) is 1. The fraction of sp³-hybridized carbons (Fsp3) is 0.375. The molecule has 5 heteroatoms. The first-order chi connectivity index (χ1) is 10.1. The van der Waals surface area contributed by atoms with Crippen LogP contribution in [0.4, 0.5) is 0 Å². The van der Waals surface area contributed by atoms with Crippen LogP contribution in [0.5, 0.6) is 0 Å². The van der Waals surface area contributed by atoms with Crippen LogP contribution < -0.4 is 0 Å². The number of nitrogens with zero attached hydrogens (tertiary/aromatic N) is 2. The highest BCUT2D eigenvalue weighted by molar-refractivity contribution is 5.99. The third-order valence-corrected chi connectivity index (χ3v) is 4.23. The molecule has 0 aliphatic carbocycles. The van der Waals surface area contributed by atoms with E-state index in [0.717, 1.165) is 17.3 Å². The number of aliphatic carboxylic acids is 1. The molecule has 5 nitrogen and oxygen atoms in total. The molecule has 2 heterocycles. The van der Waals surface area contributed by atoms with Crippen molar-refractivity contribution in [1.29, 1.82) is 0 Å². The van der Waals surface area contributed by atoms with E-state index in [1.54, 1.807) is 4.90 Å². The van der Waals surface area contributed by atoms with E-state index < -0.39 is 11.9 Å². The summed E-state index contributed by atoms with van der Waals surface area (Å²) in [5, 5.41) is 10.2. The lowest BCUT2D eigenvalue weighted by molar-refractivity contribution is -0.143. The van der Waals surface area contributed by atoms with Crippen LogP contribution in [-0.2, 0) is 11.8 Å². The average molecular weight is 286 g/mol. The molecule has 1 saturated heterocycles. The SMILES string of the molecule is Cn1c(C(=O)N2CCC[C@@H](C(=O)O)C2)cc2ccccc21. The van der Waals surface area contributed by atoms with Crippen molar-refractivity contribution in [2.24, 2.45) is 13.0 Å². The zero-order chi connectivity index (χ0) is 15.0. The number of amides is 1. The molecule has 1 atom stereocenters. The summed E-state index contributed by atoms with van der Waals surface area (Å²) in [7, 11) is 1.87. The molecule has 110 valence electrons. The Morgan fingerprint density at radius 1 is 1.29 bits per heavy atom. The molecule has 1 aromatic carbocycles. The van der Waals surface area contributed by atoms with Crippen LogP contribution in [0.3, 0.4) is 0 Å². The van der Waals surface area contributed by atoms with Gasteiger partial charge in [0.05, 0.1) is 5.92 Å². The Kier molecular flexibility index (Phi) is 3.41. The number of carbonyl (C=O) groups excluding carboxylic acids is 1. The van der Waals surface area contributed by atoms with Crippen LogP contribution >= 0.6 is 0 Å². The molecule has 1 amide bonds. The molecule has 0 bridgehead atoms. The summed E-state index contributed by atoms with van der Waals surface area (Å²) in [4.78, 5) is 25.5. The number of aromatic nitrogens is 1. The summed E-state index contributed by atoms with van der Waals surface area (Å²) in [6, 6.07) is 9.71. The van der Waals surface area contributed by atoms with Gasteiger partial charge in [-0.05, 0) is 25.0 Å². The molecule has 1 N–H and O–H groups in total. The van der Waals surface area contributed by atoms with Crippen molar-refractivity contribution < 1.29 is 14.7 Å². The van der Waals surface area contributed by atoms with Gasteiger partial charge in [0.15, 0.2) is 0 Å². The van der Waals surface area contributed by atoms with Gasteiger partial charge < -0.3 is 14.6 Å². The molecule has 0 saturated carbocycles. The van der Waals surface area contributed by atoms with E-state index in [1.807, 2.05) is 41.9 Å². The summed E-state index contributed by atoms with van der Waals surface area (Å²) >= 11 is 0. The molecule has 2 aromatic rings. The molecule has 0 unspecified atom stereocenters. The number of piperidine rings is 1. The van der Waals surface area contributed by atoms with Gasteiger partial charge in [0.25, 0.3) is 5.91 Å². The van der Waals surface area contributed by atoms with E-state index in [-0.39, 0.29) is 5.91 Å². The smallest absolute Gasteiger partial charge is 0.308 e. The van der Waals surface area contributed by atoms with Crippen molar-refractivity contribution in [2.75, 3.05) is 13.1 Å². The minimum Gasteiger partial charge on any atom is -0.481 e. The van der Waals surface area contributed by atoms with Gasteiger partial charge in [0, 0.05) is 31.0 Å². The van der Waals surface area contributed by atoms with Gasteiger partial charge in [-0.25, -0.2) is 0 Å². The van der Waals surface area contributed by atoms with Crippen molar-refractivity contribution in [3.05, 3.63) is 36.0 Å². The molecule has 1 aromatic heterocycles. The van der Waals surface area contributed by atoms with Gasteiger partial charge in [0.1, 0.15) is 5.69 Å². The third kappa shape index (κ3) is 2.39. The Bertz CT molecular complexity index is 705. The summed E-state index contributed by atoms with van der Waals surface area (Å²) < 4.78 is 1.88. The Morgan fingerprint density at radius 2 is 2.05 bits per heavy atom. The fourth-order valence-electron chi connectivity index (χ4n) is 3.02. The van der Waals surface area contributed by atoms with Gasteiger partial charge >= 0.3 is 5.97 Å². The summed E-state index contributed by atoms with van der Waals surface area (Å²) in [5.74, 6) is -1.35. The number of rotatable bonds is 2. The van der Waals surface area contributed by atoms with Crippen molar-refractivity contribution in [3.63, 3.8) is 0 Å². The largest absolute Gasteiger partial charge is 0.481 e. The zero-order valence-electron chi connectivity index (χ0n) is 12.0. The molecule has 0 radical (unpaired) electrons. The maximum Gasteiger partial charge on any atom is 0.308 e. The van der Waals surface area contributed by atoms with Crippen LogP contribution in [-0.4, -0.2) is 39.5 Å². The van der Waals surface area contributed by atoms with Gasteiger partial charge in [-0.15, -0.1) is 0 Å². The van der Waals surface area contributed by atoms with Crippen molar-refractivity contribution >= 4 is 22.8 Å². The first kappa shape index (κ1) is 13.7. The highest BCUT2D eigenvalue weighted by Crippen LogP contribution is 2.23. The first-order valence-electron chi connectivity index (χ1n) is 7.14. The predicted octanol–water partition coefficient (Wildman–Crippen LogP) is 2.12. The molecule has 1 fully saturated rings. The van der Waals surface area contributed by atoms with Gasteiger partial charge in [-0.2, -0.15) is 0 Å². The van der Waals surface area contributed by atoms with E-state index >= 15 is 0 Å². The van der Waals surface area contributed by atoms with Crippen molar-refractivity contribution in [2.45, 2.75) is 12.8 Å². The number of hydrogen-bond acceptors (Lipinski definition) is 2. The van der Waals surface area contributed by atoms with Gasteiger partial charge in [-0.1, -0.05) is 18.2 Å². The monoisotopic (exact) mass is 286 g/mol. The maximum atomic E-state index is 12.7. The van der Waals surface area contributed by atoms with Crippen LogP contribution in [0.25, 0.3) is 10.9 Å². The number of hydrogen-bond donors (Lipinski definition) is 1. The van der Waals surface area contributed by atoms with Gasteiger partial charge in [-0.3, -0.25) is 9.59 Å². The standard InChI is InChI=1S/C16H18N2O3/c1-17-13-7-3-2-5-11(13)9-14(17)15(19)18-8-4-6-12(10-18)16(20)21/h2-3,5,7,9,12H,4,6,8,10H2,1H3,(H,20,21)/t12-/m1/s1. The Labute approximate surface area is 122 Å². The molecule has 1 aliphatic heterocycles. The van der Waals surface area contributed by atoms with Crippen LogP contribution in [0, 0.1) is 5.92 Å². The topological polar surface area (TPSA) is 62.5 Å². The summed E-state index contributed by atoms with van der Waals surface area (Å²) in [6.45, 7) is 0.930. The minimum absolute atomic E-state index is 0.0837. The van der Waals surface area contributed by atoms with Crippen molar-refractivity contribution in [3.8, 4) is 0 Å². The minimum atomic E-state index is -0.815. The maximum absolute atomic E-state index is 12.7. The number of carbonyl (C=O) groups is 2. The first-order valence-corrected chi connectivity index (χ1v) is 7.14. The Hall–Kier alpha value is -2.30. The number of carboxylic acids is 1. The summed E-state index contributed by atoms with van der Waals surface area (Å²) in [5.41, 5.74) is 1.62. The second kappa shape index (κ2) is 5.24. The lowest BCUT2D eigenvalue weighted by Crippen LogP contribution is -2.42. The number of benzene rings is 1. The number of aryl methyl sites for hydroxylation is 1.